The normalized spacial score (nSPS) is 36.4. The van der Waals surface area contributed by atoms with Gasteiger partial charge in [-0.2, -0.15) is 0 Å². The van der Waals surface area contributed by atoms with Crippen molar-refractivity contribution in [2.24, 2.45) is 0 Å². The summed E-state index contributed by atoms with van der Waals surface area (Å²) in [4.78, 5) is 22.3. The molecule has 4 aliphatic rings. The van der Waals surface area contributed by atoms with Gasteiger partial charge in [-0.25, -0.2) is 0 Å². The quantitative estimate of drug-likeness (QED) is 0.758. The zero-order chi connectivity index (χ0) is 17.3. The van der Waals surface area contributed by atoms with E-state index in [1.165, 1.54) is 6.42 Å². The first-order chi connectivity index (χ1) is 11.9. The molecule has 1 amide bonds. The van der Waals surface area contributed by atoms with E-state index in [2.05, 4.69) is 31.9 Å². The van der Waals surface area contributed by atoms with Crippen LogP contribution in [0.15, 0.2) is 16.7 Å². The van der Waals surface area contributed by atoms with Crippen molar-refractivity contribution in [2.75, 3.05) is 18.1 Å². The van der Waals surface area contributed by atoms with Crippen LogP contribution in [-0.4, -0.2) is 53.2 Å². The summed E-state index contributed by atoms with van der Waals surface area (Å²) in [5.41, 5.74) is 1.38. The molecule has 1 aromatic heterocycles. The third-order valence-electron chi connectivity index (χ3n) is 6.60. The largest absolute Gasteiger partial charge is 0.376 e. The Hall–Kier alpha value is -0.980. The molecule has 4 heterocycles. The first-order valence-corrected chi connectivity index (χ1v) is 10.1. The van der Waals surface area contributed by atoms with Gasteiger partial charge in [0.15, 0.2) is 0 Å². The minimum absolute atomic E-state index is 0.194. The molecule has 5 nitrogen and oxygen atoms in total. The van der Waals surface area contributed by atoms with Crippen molar-refractivity contribution in [1.29, 1.82) is 0 Å². The second-order valence-corrected chi connectivity index (χ2v) is 9.39. The van der Waals surface area contributed by atoms with Gasteiger partial charge in [0.2, 0.25) is 5.91 Å². The highest BCUT2D eigenvalue weighted by Gasteiger charge is 2.52. The first-order valence-electron chi connectivity index (χ1n) is 9.32. The number of anilines is 1. The second kappa shape index (κ2) is 5.51. The molecule has 0 N–H and O–H groups in total. The zero-order valence-corrected chi connectivity index (χ0v) is 16.3. The predicted molar refractivity (Wildman–Crippen MR) is 98.7 cm³/mol. The summed E-state index contributed by atoms with van der Waals surface area (Å²) in [5.74, 6) is 0.194. The van der Waals surface area contributed by atoms with Crippen molar-refractivity contribution in [2.45, 2.75) is 69.2 Å². The Bertz CT molecular complexity index is 731. The molecule has 2 saturated heterocycles. The standard InChI is InChI=1S/C19H24BrN3O2/c1-19(2)17-16(5-11(20)9-21-17)23(18(19)24)13-6-12(7-13)22-4-3-15-8-14(22)10-25-15/h5,9,12-15H,3-4,6-8,10H2,1-2H3. The molecule has 0 aromatic carbocycles. The maximum atomic E-state index is 13.1. The first kappa shape index (κ1) is 16.2. The number of carbonyl (C=O) groups excluding carboxylic acids is 1. The second-order valence-electron chi connectivity index (χ2n) is 8.47. The number of carbonyl (C=O) groups is 1. The van der Waals surface area contributed by atoms with Crippen molar-refractivity contribution in [3.8, 4) is 0 Å². The monoisotopic (exact) mass is 405 g/mol. The lowest BCUT2D eigenvalue weighted by molar-refractivity contribution is -0.123. The summed E-state index contributed by atoms with van der Waals surface area (Å²) in [6.45, 7) is 6.02. The zero-order valence-electron chi connectivity index (χ0n) is 14.7. The molecule has 5 rings (SSSR count). The van der Waals surface area contributed by atoms with Crippen LogP contribution in [0.25, 0.3) is 0 Å². The Labute approximate surface area is 156 Å². The molecule has 2 bridgehead atoms. The molecular weight excluding hydrogens is 382 g/mol. The summed E-state index contributed by atoms with van der Waals surface area (Å²) in [5, 5.41) is 0. The number of pyridine rings is 1. The van der Waals surface area contributed by atoms with E-state index in [4.69, 9.17) is 4.74 Å². The number of rotatable bonds is 2. The number of aromatic nitrogens is 1. The number of ether oxygens (including phenoxy) is 1. The Morgan fingerprint density at radius 2 is 2.04 bits per heavy atom. The molecule has 0 spiro atoms. The molecule has 6 heteroatoms. The van der Waals surface area contributed by atoms with Crippen LogP contribution < -0.4 is 4.90 Å². The summed E-state index contributed by atoms with van der Waals surface area (Å²) in [7, 11) is 0. The fourth-order valence-corrected chi connectivity index (χ4v) is 5.40. The lowest BCUT2D eigenvalue weighted by Gasteiger charge is -2.49. The molecule has 2 atom stereocenters. The maximum Gasteiger partial charge on any atom is 0.239 e. The van der Waals surface area contributed by atoms with Crippen LogP contribution in [-0.2, 0) is 14.9 Å². The van der Waals surface area contributed by atoms with Gasteiger partial charge in [-0.05, 0) is 61.5 Å². The topological polar surface area (TPSA) is 45.7 Å². The van der Waals surface area contributed by atoms with E-state index < -0.39 is 5.41 Å². The van der Waals surface area contributed by atoms with Gasteiger partial charge in [0.05, 0.1) is 29.5 Å². The van der Waals surface area contributed by atoms with Gasteiger partial charge in [0.1, 0.15) is 0 Å². The molecule has 2 unspecified atom stereocenters. The van der Waals surface area contributed by atoms with Crippen LogP contribution >= 0.6 is 15.9 Å². The Balaban J connectivity index is 1.35. The van der Waals surface area contributed by atoms with Crippen molar-refractivity contribution in [3.05, 3.63) is 22.4 Å². The minimum Gasteiger partial charge on any atom is -0.376 e. The predicted octanol–water partition coefficient (Wildman–Crippen LogP) is 2.86. The highest BCUT2D eigenvalue weighted by molar-refractivity contribution is 9.10. The van der Waals surface area contributed by atoms with E-state index in [0.29, 0.717) is 24.2 Å². The van der Waals surface area contributed by atoms with E-state index in [1.54, 1.807) is 6.20 Å². The van der Waals surface area contributed by atoms with Crippen molar-refractivity contribution in [1.82, 2.24) is 9.88 Å². The van der Waals surface area contributed by atoms with Crippen LogP contribution in [0.1, 0.15) is 45.2 Å². The molecule has 3 fully saturated rings. The van der Waals surface area contributed by atoms with Gasteiger partial charge in [-0.3, -0.25) is 14.7 Å². The van der Waals surface area contributed by atoms with E-state index in [-0.39, 0.29) is 5.91 Å². The summed E-state index contributed by atoms with van der Waals surface area (Å²) < 4.78 is 6.77. The fourth-order valence-electron chi connectivity index (χ4n) is 5.08. The lowest BCUT2D eigenvalue weighted by atomic mass is 9.81. The minimum atomic E-state index is -0.529. The summed E-state index contributed by atoms with van der Waals surface area (Å²) >= 11 is 3.51. The third kappa shape index (κ3) is 2.33. The van der Waals surface area contributed by atoms with E-state index in [9.17, 15) is 4.79 Å². The van der Waals surface area contributed by atoms with Crippen LogP contribution in [0.3, 0.4) is 0 Å². The number of halogens is 1. The van der Waals surface area contributed by atoms with E-state index in [1.807, 2.05) is 18.7 Å². The maximum absolute atomic E-state index is 13.1. The van der Waals surface area contributed by atoms with Crippen molar-refractivity contribution < 1.29 is 9.53 Å². The average molecular weight is 406 g/mol. The molecule has 1 saturated carbocycles. The molecule has 3 aliphatic heterocycles. The SMILES string of the molecule is CC1(C)C(=O)N(C2CC(N3CCC4CC3CO4)C2)c2cc(Br)cnc21. The molecule has 0 radical (unpaired) electrons. The molecule has 134 valence electrons. The summed E-state index contributed by atoms with van der Waals surface area (Å²) in [6, 6.07) is 3.55. The van der Waals surface area contributed by atoms with Gasteiger partial charge in [0, 0.05) is 35.3 Å². The Morgan fingerprint density at radius 1 is 1.24 bits per heavy atom. The highest BCUT2D eigenvalue weighted by Crippen LogP contribution is 2.46. The van der Waals surface area contributed by atoms with Gasteiger partial charge in [-0.1, -0.05) is 0 Å². The average Bonchev–Trinajstić information content (AvgIpc) is 3.00. The molecule has 1 aliphatic carbocycles. The van der Waals surface area contributed by atoms with E-state index in [0.717, 1.165) is 48.3 Å². The van der Waals surface area contributed by atoms with Crippen LogP contribution in [0.5, 0.6) is 0 Å². The number of hydrogen-bond acceptors (Lipinski definition) is 4. The highest BCUT2D eigenvalue weighted by atomic mass is 79.9. The van der Waals surface area contributed by atoms with Crippen LogP contribution in [0.2, 0.25) is 0 Å². The van der Waals surface area contributed by atoms with Gasteiger partial charge >= 0.3 is 0 Å². The van der Waals surface area contributed by atoms with Crippen molar-refractivity contribution >= 4 is 27.5 Å². The number of piperidine rings is 1. The smallest absolute Gasteiger partial charge is 0.239 e. The fraction of sp³-hybridized carbons (Fsp3) is 0.684. The molecule has 1 aromatic rings. The van der Waals surface area contributed by atoms with Crippen LogP contribution in [0, 0.1) is 0 Å². The molecular formula is C19H24BrN3O2. The van der Waals surface area contributed by atoms with Crippen molar-refractivity contribution in [3.63, 3.8) is 0 Å². The third-order valence-corrected chi connectivity index (χ3v) is 7.03. The van der Waals surface area contributed by atoms with Gasteiger partial charge < -0.3 is 9.64 Å². The Morgan fingerprint density at radius 3 is 2.84 bits per heavy atom. The number of amides is 1. The van der Waals surface area contributed by atoms with Gasteiger partial charge in [0.25, 0.3) is 0 Å². The lowest BCUT2D eigenvalue weighted by Crippen LogP contribution is -2.59. The number of hydrogen-bond donors (Lipinski definition) is 0. The van der Waals surface area contributed by atoms with Crippen LogP contribution in [0.4, 0.5) is 5.69 Å². The Kier molecular flexibility index (Phi) is 3.57. The number of fused-ring (bicyclic) bond motifs is 3. The van der Waals surface area contributed by atoms with E-state index >= 15 is 0 Å². The number of nitrogens with zero attached hydrogens (tertiary/aromatic N) is 3. The summed E-state index contributed by atoms with van der Waals surface area (Å²) in [6.07, 6.45) is 6.77. The van der Waals surface area contributed by atoms with Gasteiger partial charge in [-0.15, -0.1) is 0 Å². The molecule has 25 heavy (non-hydrogen) atoms. The number of likely N-dealkylation sites (tertiary alicyclic amines) is 1.